The number of sulfonamides is 1. The van der Waals surface area contributed by atoms with Crippen molar-refractivity contribution in [3.8, 4) is 11.5 Å². The number of rotatable bonds is 9. The van der Waals surface area contributed by atoms with E-state index in [4.69, 9.17) is 9.47 Å². The van der Waals surface area contributed by atoms with Crippen molar-refractivity contribution in [2.24, 2.45) is 0 Å². The molecule has 1 unspecified atom stereocenters. The molecule has 1 aliphatic carbocycles. The fraction of sp³-hybridized carbons (Fsp3) is 0.381. The van der Waals surface area contributed by atoms with E-state index in [0.717, 1.165) is 25.7 Å². The Labute approximate surface area is 170 Å². The van der Waals surface area contributed by atoms with Gasteiger partial charge in [-0.05, 0) is 67.6 Å². The van der Waals surface area contributed by atoms with Gasteiger partial charge >= 0.3 is 5.97 Å². The van der Waals surface area contributed by atoms with Crippen LogP contribution in [0.1, 0.15) is 43.7 Å². The molecular formula is C21H25NO6S. The van der Waals surface area contributed by atoms with E-state index < -0.39 is 22.0 Å². The molecule has 0 bridgehead atoms. The Kier molecular flexibility index (Phi) is 6.76. The number of ether oxygens (including phenoxy) is 2. The molecule has 2 aromatic carbocycles. The van der Waals surface area contributed by atoms with Crippen molar-refractivity contribution in [1.29, 1.82) is 0 Å². The van der Waals surface area contributed by atoms with Crippen LogP contribution >= 0.6 is 0 Å². The average molecular weight is 419 g/mol. The molecule has 1 atom stereocenters. The lowest BCUT2D eigenvalue weighted by Gasteiger charge is -2.19. The predicted molar refractivity (Wildman–Crippen MR) is 108 cm³/mol. The molecule has 2 N–H and O–H groups in total. The number of carboxylic acid groups (broad SMARTS) is 1. The highest BCUT2D eigenvalue weighted by molar-refractivity contribution is 7.89. The van der Waals surface area contributed by atoms with Gasteiger partial charge in [-0.25, -0.2) is 13.1 Å². The van der Waals surface area contributed by atoms with Gasteiger partial charge in [-0.15, -0.1) is 0 Å². The van der Waals surface area contributed by atoms with Gasteiger partial charge in [-0.2, -0.15) is 0 Å². The van der Waals surface area contributed by atoms with Crippen molar-refractivity contribution < 1.29 is 27.8 Å². The van der Waals surface area contributed by atoms with E-state index >= 15 is 0 Å². The van der Waals surface area contributed by atoms with E-state index in [9.17, 15) is 18.3 Å². The van der Waals surface area contributed by atoms with E-state index in [-0.39, 0.29) is 17.4 Å². The van der Waals surface area contributed by atoms with Crippen LogP contribution in [0.3, 0.4) is 0 Å². The molecule has 1 saturated carbocycles. The summed E-state index contributed by atoms with van der Waals surface area (Å²) in [6.45, 7) is 0. The first kappa shape index (κ1) is 21.1. The summed E-state index contributed by atoms with van der Waals surface area (Å²) < 4.78 is 38.9. The molecule has 29 heavy (non-hydrogen) atoms. The Bertz CT molecular complexity index is 919. The molecule has 0 aliphatic heterocycles. The molecule has 0 amide bonds. The van der Waals surface area contributed by atoms with Gasteiger partial charge in [0.25, 0.3) is 0 Å². The molecule has 3 rings (SSSR count). The Morgan fingerprint density at radius 1 is 1.07 bits per heavy atom. The highest BCUT2D eigenvalue weighted by atomic mass is 32.2. The van der Waals surface area contributed by atoms with Crippen molar-refractivity contribution >= 4 is 16.0 Å². The molecule has 0 spiro atoms. The normalized spacial score (nSPS) is 15.8. The van der Waals surface area contributed by atoms with E-state index in [2.05, 4.69) is 4.72 Å². The number of hydrogen-bond acceptors (Lipinski definition) is 5. The largest absolute Gasteiger partial charge is 0.497 e. The van der Waals surface area contributed by atoms with Crippen molar-refractivity contribution in [1.82, 2.24) is 4.72 Å². The average Bonchev–Trinajstić information content (AvgIpc) is 3.20. The molecule has 156 valence electrons. The van der Waals surface area contributed by atoms with Crippen molar-refractivity contribution in [2.45, 2.75) is 49.1 Å². The summed E-state index contributed by atoms with van der Waals surface area (Å²) in [5.74, 6) is 0.135. The van der Waals surface area contributed by atoms with Crippen LogP contribution in [0.15, 0.2) is 53.4 Å². The van der Waals surface area contributed by atoms with Gasteiger partial charge in [-0.1, -0.05) is 12.1 Å². The number of methoxy groups -OCH3 is 1. The quantitative estimate of drug-likeness (QED) is 0.645. The summed E-state index contributed by atoms with van der Waals surface area (Å²) in [4.78, 5) is 11.3. The monoisotopic (exact) mass is 419 g/mol. The minimum absolute atomic E-state index is 0.0369. The molecule has 0 aromatic heterocycles. The summed E-state index contributed by atoms with van der Waals surface area (Å²) in [5, 5.41) is 9.25. The van der Waals surface area contributed by atoms with Crippen LogP contribution < -0.4 is 14.2 Å². The minimum Gasteiger partial charge on any atom is -0.497 e. The van der Waals surface area contributed by atoms with Crippen LogP contribution in [0.2, 0.25) is 0 Å². The van der Waals surface area contributed by atoms with Gasteiger partial charge < -0.3 is 14.6 Å². The second-order valence-electron chi connectivity index (χ2n) is 7.04. The topological polar surface area (TPSA) is 102 Å². The molecular weight excluding hydrogens is 394 g/mol. The van der Waals surface area contributed by atoms with E-state index in [1.807, 2.05) is 0 Å². The second kappa shape index (κ2) is 9.28. The standard InChI is InChI=1S/C21H25NO6S/c1-27-16-10-12-19(13-11-16)29(25,26)22-20(14-21(23)24)15-6-8-18(9-7-15)28-17-4-2-3-5-17/h6-13,17,20,22H,2-5,14H2,1H3,(H,23,24). The van der Waals surface area contributed by atoms with Crippen LogP contribution in [0.5, 0.6) is 11.5 Å². The second-order valence-corrected chi connectivity index (χ2v) is 8.75. The smallest absolute Gasteiger partial charge is 0.305 e. The Morgan fingerprint density at radius 3 is 2.21 bits per heavy atom. The highest BCUT2D eigenvalue weighted by Gasteiger charge is 2.24. The zero-order valence-corrected chi connectivity index (χ0v) is 17.0. The van der Waals surface area contributed by atoms with Gasteiger partial charge in [0.2, 0.25) is 10.0 Å². The molecule has 8 heteroatoms. The van der Waals surface area contributed by atoms with Crippen molar-refractivity contribution in [3.05, 3.63) is 54.1 Å². The summed E-state index contributed by atoms with van der Waals surface area (Å²) in [7, 11) is -2.42. The third-order valence-corrected chi connectivity index (χ3v) is 6.42. The maximum Gasteiger partial charge on any atom is 0.305 e. The zero-order chi connectivity index (χ0) is 20.9. The lowest BCUT2D eigenvalue weighted by Crippen LogP contribution is -2.30. The van der Waals surface area contributed by atoms with E-state index in [1.165, 1.54) is 31.4 Å². The Hall–Kier alpha value is -2.58. The third kappa shape index (κ3) is 5.71. The van der Waals surface area contributed by atoms with Crippen LogP contribution in [0, 0.1) is 0 Å². The number of hydrogen-bond donors (Lipinski definition) is 2. The molecule has 0 heterocycles. The summed E-state index contributed by atoms with van der Waals surface area (Å²) in [6.07, 6.45) is 4.23. The molecule has 0 radical (unpaired) electrons. The van der Waals surface area contributed by atoms with Gasteiger partial charge in [0, 0.05) is 0 Å². The van der Waals surface area contributed by atoms with Crippen molar-refractivity contribution in [3.63, 3.8) is 0 Å². The highest BCUT2D eigenvalue weighted by Crippen LogP contribution is 2.27. The summed E-state index contributed by atoms with van der Waals surface area (Å²) in [6, 6.07) is 11.9. The number of aliphatic carboxylic acids is 1. The van der Waals surface area contributed by atoms with Crippen LogP contribution in [-0.2, 0) is 14.8 Å². The van der Waals surface area contributed by atoms with Gasteiger partial charge in [0.05, 0.1) is 30.6 Å². The Morgan fingerprint density at radius 2 is 1.66 bits per heavy atom. The predicted octanol–water partition coefficient (Wildman–Crippen LogP) is 3.51. The number of benzene rings is 2. The van der Waals surface area contributed by atoms with E-state index in [0.29, 0.717) is 17.1 Å². The van der Waals surface area contributed by atoms with Gasteiger partial charge in [0.1, 0.15) is 11.5 Å². The van der Waals surface area contributed by atoms with Crippen LogP contribution in [0.4, 0.5) is 0 Å². The third-order valence-electron chi connectivity index (χ3n) is 4.93. The first-order valence-electron chi connectivity index (χ1n) is 9.52. The van der Waals surface area contributed by atoms with Crippen LogP contribution in [-0.4, -0.2) is 32.7 Å². The van der Waals surface area contributed by atoms with E-state index in [1.54, 1.807) is 24.3 Å². The van der Waals surface area contributed by atoms with Gasteiger partial charge in [0.15, 0.2) is 0 Å². The molecule has 1 fully saturated rings. The summed E-state index contributed by atoms with van der Waals surface area (Å²) >= 11 is 0. The fourth-order valence-electron chi connectivity index (χ4n) is 3.39. The maximum absolute atomic E-state index is 12.7. The Balaban J connectivity index is 1.76. The van der Waals surface area contributed by atoms with Crippen molar-refractivity contribution in [2.75, 3.05) is 7.11 Å². The fourth-order valence-corrected chi connectivity index (χ4v) is 4.61. The first-order valence-corrected chi connectivity index (χ1v) is 11.0. The molecule has 2 aromatic rings. The summed E-state index contributed by atoms with van der Waals surface area (Å²) in [5.41, 5.74) is 0.559. The van der Waals surface area contributed by atoms with Gasteiger partial charge in [-0.3, -0.25) is 4.79 Å². The molecule has 7 nitrogen and oxygen atoms in total. The molecule has 1 aliphatic rings. The minimum atomic E-state index is -3.91. The lowest BCUT2D eigenvalue weighted by molar-refractivity contribution is -0.137. The number of carboxylic acids is 1. The maximum atomic E-state index is 12.7. The first-order chi connectivity index (χ1) is 13.9. The lowest BCUT2D eigenvalue weighted by atomic mass is 10.0. The zero-order valence-electron chi connectivity index (χ0n) is 16.2. The molecule has 0 saturated heterocycles. The SMILES string of the molecule is COc1ccc(S(=O)(=O)NC(CC(=O)O)c2ccc(OC3CCCC3)cc2)cc1. The number of nitrogens with one attached hydrogen (secondary N) is 1. The van der Waals surface area contributed by atoms with Crippen LogP contribution in [0.25, 0.3) is 0 Å². The number of carbonyl (C=O) groups is 1.